The number of rotatable bonds is 61. The third-order valence-corrected chi connectivity index (χ3v) is 15.0. The molecule has 82 heavy (non-hydrogen) atoms. The molecule has 0 aromatic carbocycles. The highest BCUT2D eigenvalue weighted by molar-refractivity contribution is 7.47. The van der Waals surface area contributed by atoms with Gasteiger partial charge in [0.2, 0.25) is 0 Å². The molecular formula is C70H121O11P. The zero-order chi connectivity index (χ0) is 59.8. The zero-order valence-electron chi connectivity index (χ0n) is 52.4. The number of hydrogen-bond acceptors (Lipinski definition) is 10. The van der Waals surface area contributed by atoms with E-state index < -0.39 is 57.8 Å². The van der Waals surface area contributed by atoms with Crippen molar-refractivity contribution in [1.82, 2.24) is 0 Å². The van der Waals surface area contributed by atoms with Crippen LogP contribution >= 0.6 is 7.82 Å². The van der Waals surface area contributed by atoms with Gasteiger partial charge in [-0.1, -0.05) is 279 Å². The number of aliphatic hydroxyl groups excluding tert-OH is 1. The Kier molecular flexibility index (Phi) is 60.6. The van der Waals surface area contributed by atoms with Crippen LogP contribution in [0.5, 0.6) is 0 Å². The molecule has 0 aliphatic rings. The Labute approximate surface area is 502 Å². The lowest BCUT2D eigenvalue weighted by atomic mass is 10.0. The predicted molar refractivity (Wildman–Crippen MR) is 344 cm³/mol. The zero-order valence-corrected chi connectivity index (χ0v) is 53.3. The Morgan fingerprint density at radius 3 is 1.07 bits per heavy atom. The summed E-state index contributed by atoms with van der Waals surface area (Å²) in [5.74, 6) is -1.56. The maximum atomic E-state index is 13.0. The summed E-state index contributed by atoms with van der Waals surface area (Å²) in [5, 5.41) is 9.86. The van der Waals surface area contributed by atoms with Gasteiger partial charge in [-0.3, -0.25) is 23.4 Å². The van der Waals surface area contributed by atoms with E-state index in [0.29, 0.717) is 25.7 Å². The number of carbonyl (C=O) groups excluding carboxylic acids is 3. The summed E-state index contributed by atoms with van der Waals surface area (Å²) >= 11 is 0. The van der Waals surface area contributed by atoms with E-state index in [4.69, 9.17) is 23.3 Å². The van der Waals surface area contributed by atoms with Crippen molar-refractivity contribution in [3.63, 3.8) is 0 Å². The van der Waals surface area contributed by atoms with Crippen molar-refractivity contribution in [2.45, 2.75) is 303 Å². The number of esters is 3. The van der Waals surface area contributed by atoms with Gasteiger partial charge in [0.25, 0.3) is 0 Å². The molecule has 0 aliphatic heterocycles. The molecule has 12 heteroatoms. The van der Waals surface area contributed by atoms with Crippen LogP contribution in [-0.2, 0) is 42.2 Å². The summed E-state index contributed by atoms with van der Waals surface area (Å²) in [6.45, 7) is 4.47. The Bertz CT molecular complexity index is 1750. The van der Waals surface area contributed by atoms with Crippen LogP contribution in [0.2, 0.25) is 0 Å². The third kappa shape index (κ3) is 61.0. The van der Waals surface area contributed by atoms with Gasteiger partial charge in [0.05, 0.1) is 19.8 Å². The largest absolute Gasteiger partial charge is 0.472 e. The summed E-state index contributed by atoms with van der Waals surface area (Å²) in [6, 6.07) is 0. The van der Waals surface area contributed by atoms with Crippen molar-refractivity contribution in [2.75, 3.05) is 26.4 Å². The number of phosphoric ester groups is 1. The fourth-order valence-corrected chi connectivity index (χ4v) is 9.79. The minimum absolute atomic E-state index is 0.0393. The van der Waals surface area contributed by atoms with Gasteiger partial charge in [0.15, 0.2) is 6.10 Å². The average molecular weight is 1170 g/mol. The Morgan fingerprint density at radius 1 is 0.354 bits per heavy atom. The number of unbranched alkanes of at least 4 members (excludes halogenated alkanes) is 28. The van der Waals surface area contributed by atoms with E-state index in [1.165, 1.54) is 141 Å². The number of phosphoric acid groups is 1. The summed E-state index contributed by atoms with van der Waals surface area (Å²) in [7, 11) is -4.78. The molecule has 3 unspecified atom stereocenters. The molecule has 0 rings (SSSR count). The van der Waals surface area contributed by atoms with Gasteiger partial charge in [0, 0.05) is 19.3 Å². The van der Waals surface area contributed by atoms with Crippen molar-refractivity contribution < 1.29 is 52.2 Å². The Balaban J connectivity index is 4.78. The van der Waals surface area contributed by atoms with Gasteiger partial charge in [-0.2, -0.15) is 0 Å². The lowest BCUT2D eigenvalue weighted by Crippen LogP contribution is -2.30. The molecule has 0 aromatic heterocycles. The number of hydrogen-bond donors (Lipinski definition) is 2. The second-order valence-electron chi connectivity index (χ2n) is 21.9. The molecule has 0 saturated carbocycles. The first-order valence-electron chi connectivity index (χ1n) is 33.1. The lowest BCUT2D eigenvalue weighted by Gasteiger charge is -2.21. The number of carbonyl (C=O) groups is 3. The van der Waals surface area contributed by atoms with Crippen LogP contribution in [0.25, 0.3) is 0 Å². The topological polar surface area (TPSA) is 155 Å². The standard InChI is InChI=1S/C70H121O11P/c1-4-7-10-13-16-19-22-25-28-31-33-36-38-41-44-47-50-53-56-59-68(72)77-63-67(81-70(74)61-58-55-52-49-46-43-40-37-34-32-29-26-23-20-17-14-11-8-5-2)65-79-82(75,76)78-64-66(62-71)80-69(73)60-57-54-51-48-45-42-39-35-30-27-24-21-18-15-12-9-6-3/h8,11,16-17,19-20,25-26,28-29,34,37,43,46,52,55,66-67,71H,4-7,9-10,12-15,18,21-24,27,30-33,35-36,38-42,44-45,47-51,53-54,56-65H2,1-3H3,(H,75,76)/b11-8-,19-16-,20-17-,28-25-,29-26-,37-34-,46-43-,55-52-. The van der Waals surface area contributed by atoms with Crippen LogP contribution in [0.1, 0.15) is 290 Å². The number of aliphatic hydroxyl groups is 1. The summed E-state index contributed by atoms with van der Waals surface area (Å²) < 4.78 is 39.6. The van der Waals surface area contributed by atoms with Crippen molar-refractivity contribution in [1.29, 1.82) is 0 Å². The van der Waals surface area contributed by atoms with Crippen LogP contribution in [0.3, 0.4) is 0 Å². The molecule has 0 aliphatic carbocycles. The van der Waals surface area contributed by atoms with Crippen molar-refractivity contribution >= 4 is 25.7 Å². The predicted octanol–water partition coefficient (Wildman–Crippen LogP) is 20.4. The molecule has 3 atom stereocenters. The fourth-order valence-electron chi connectivity index (χ4n) is 9.00. The second kappa shape index (κ2) is 63.4. The van der Waals surface area contributed by atoms with Crippen LogP contribution in [0.15, 0.2) is 97.2 Å². The van der Waals surface area contributed by atoms with E-state index in [1.54, 1.807) is 0 Å². The Morgan fingerprint density at radius 2 is 0.659 bits per heavy atom. The van der Waals surface area contributed by atoms with Crippen LogP contribution in [0.4, 0.5) is 0 Å². The minimum atomic E-state index is -4.78. The van der Waals surface area contributed by atoms with E-state index in [1.807, 2.05) is 12.2 Å². The van der Waals surface area contributed by atoms with Gasteiger partial charge in [-0.25, -0.2) is 4.57 Å². The highest BCUT2D eigenvalue weighted by Gasteiger charge is 2.28. The number of allylic oxidation sites excluding steroid dienone is 16. The van der Waals surface area contributed by atoms with E-state index in [-0.39, 0.29) is 25.9 Å². The van der Waals surface area contributed by atoms with Crippen LogP contribution in [-0.4, -0.2) is 66.5 Å². The molecule has 11 nitrogen and oxygen atoms in total. The summed E-state index contributed by atoms with van der Waals surface area (Å²) in [4.78, 5) is 48.8. The maximum absolute atomic E-state index is 13.0. The van der Waals surface area contributed by atoms with Gasteiger partial charge < -0.3 is 24.2 Å². The maximum Gasteiger partial charge on any atom is 0.472 e. The molecule has 0 fully saturated rings. The highest BCUT2D eigenvalue weighted by Crippen LogP contribution is 2.43. The van der Waals surface area contributed by atoms with Gasteiger partial charge in [0.1, 0.15) is 12.7 Å². The average Bonchev–Trinajstić information content (AvgIpc) is 3.50. The first kappa shape index (κ1) is 78.4. The Hall–Kier alpha value is -3.60. The molecule has 0 spiro atoms. The molecule has 0 aromatic rings. The van der Waals surface area contributed by atoms with Gasteiger partial charge >= 0.3 is 25.7 Å². The summed E-state index contributed by atoms with van der Waals surface area (Å²) in [6.07, 6.45) is 76.6. The molecule has 472 valence electrons. The monoisotopic (exact) mass is 1170 g/mol. The molecule has 0 amide bonds. The molecule has 0 bridgehead atoms. The van der Waals surface area contributed by atoms with E-state index >= 15 is 0 Å². The van der Waals surface area contributed by atoms with Gasteiger partial charge in [-0.05, 0) is 89.9 Å². The first-order valence-corrected chi connectivity index (χ1v) is 34.6. The number of ether oxygens (including phenoxy) is 3. The molecule has 0 saturated heterocycles. The second-order valence-corrected chi connectivity index (χ2v) is 23.4. The van der Waals surface area contributed by atoms with Crippen molar-refractivity contribution in [2.24, 2.45) is 0 Å². The molecule has 0 heterocycles. The SMILES string of the molecule is CC/C=C\C/C=C\C/C=C\C/C=C\C/C=C\C/C=C\CCC(=O)OC(COC(=O)CCCCCCCCCCC/C=C\C/C=C\CCCCC)COP(=O)(O)OCC(CO)OC(=O)CCCCCCCCCCCCCCCCCCC. The fraction of sp³-hybridized carbons (Fsp3) is 0.729. The van der Waals surface area contributed by atoms with Gasteiger partial charge in [-0.15, -0.1) is 0 Å². The van der Waals surface area contributed by atoms with E-state index in [2.05, 4.69) is 106 Å². The van der Waals surface area contributed by atoms with E-state index in [0.717, 1.165) is 83.5 Å². The first-order chi connectivity index (χ1) is 40.2. The van der Waals surface area contributed by atoms with E-state index in [9.17, 15) is 28.9 Å². The molecule has 2 N–H and O–H groups in total. The molecule has 0 radical (unpaired) electrons. The third-order valence-electron chi connectivity index (χ3n) is 14.0. The quantitative estimate of drug-likeness (QED) is 0.0197. The minimum Gasteiger partial charge on any atom is -0.462 e. The highest BCUT2D eigenvalue weighted by atomic mass is 31.2. The summed E-state index contributed by atoms with van der Waals surface area (Å²) in [5.41, 5.74) is 0. The van der Waals surface area contributed by atoms with Crippen LogP contribution < -0.4 is 0 Å². The van der Waals surface area contributed by atoms with Crippen LogP contribution in [0, 0.1) is 0 Å². The van der Waals surface area contributed by atoms with Crippen molar-refractivity contribution in [3.05, 3.63) is 97.2 Å². The molecular weight excluding hydrogens is 1050 g/mol. The smallest absolute Gasteiger partial charge is 0.462 e. The lowest BCUT2D eigenvalue weighted by molar-refractivity contribution is -0.161. The normalized spacial score (nSPS) is 13.9. The van der Waals surface area contributed by atoms with Crippen molar-refractivity contribution in [3.8, 4) is 0 Å².